The molecule has 0 amide bonds. The van der Waals surface area contributed by atoms with E-state index in [1.165, 1.54) is 5.57 Å². The molecular formula is C16H23N. The molecule has 0 aromatic rings. The molecule has 0 radical (unpaired) electrons. The first-order valence-corrected chi connectivity index (χ1v) is 5.78. The van der Waals surface area contributed by atoms with E-state index < -0.39 is 0 Å². The van der Waals surface area contributed by atoms with Gasteiger partial charge in [0.05, 0.1) is 0 Å². The van der Waals surface area contributed by atoms with Crippen molar-refractivity contribution in [3.05, 3.63) is 72.2 Å². The molecule has 0 bridgehead atoms. The normalized spacial score (nSPS) is 12.5. The standard InChI is InChI=1S/C16H23N/c1-7-10-11-16(9-3)17-14(6)15(8-2)12-13(4)5/h7-12,17H,3,6H2,1-2,4-5H3/b10-7-,15-8+,16-11+. The van der Waals surface area contributed by atoms with Crippen LogP contribution in [-0.2, 0) is 0 Å². The molecule has 1 nitrogen and oxygen atoms in total. The molecule has 0 heterocycles. The summed E-state index contributed by atoms with van der Waals surface area (Å²) in [5, 5.41) is 3.24. The lowest BCUT2D eigenvalue weighted by molar-refractivity contribution is 1.03. The van der Waals surface area contributed by atoms with Crippen molar-refractivity contribution >= 4 is 0 Å². The van der Waals surface area contributed by atoms with Gasteiger partial charge in [-0.25, -0.2) is 0 Å². The molecule has 17 heavy (non-hydrogen) atoms. The Kier molecular flexibility index (Phi) is 7.53. The van der Waals surface area contributed by atoms with Crippen LogP contribution in [-0.4, -0.2) is 0 Å². The first-order chi connectivity index (χ1) is 8.04. The van der Waals surface area contributed by atoms with Crippen molar-refractivity contribution in [2.45, 2.75) is 27.7 Å². The second-order valence-electron chi connectivity index (χ2n) is 3.92. The first-order valence-electron chi connectivity index (χ1n) is 5.78. The summed E-state index contributed by atoms with van der Waals surface area (Å²) >= 11 is 0. The third kappa shape index (κ3) is 6.41. The van der Waals surface area contributed by atoms with Gasteiger partial charge in [-0.3, -0.25) is 0 Å². The maximum absolute atomic E-state index is 4.04. The minimum Gasteiger partial charge on any atom is -0.356 e. The Hall–Kier alpha value is -1.76. The SMILES string of the molecule is C=C/C(=C\C=C/C)NC(=C)/C(C=C(C)C)=C/C. The Morgan fingerprint density at radius 2 is 1.82 bits per heavy atom. The summed E-state index contributed by atoms with van der Waals surface area (Å²) in [6, 6.07) is 0. The molecule has 0 unspecified atom stereocenters. The summed E-state index contributed by atoms with van der Waals surface area (Å²) < 4.78 is 0. The summed E-state index contributed by atoms with van der Waals surface area (Å²) in [6.07, 6.45) is 11.8. The molecule has 0 atom stereocenters. The molecule has 0 aliphatic rings. The van der Waals surface area contributed by atoms with Crippen LogP contribution in [0.1, 0.15) is 27.7 Å². The quantitative estimate of drug-likeness (QED) is 0.654. The topological polar surface area (TPSA) is 12.0 Å². The lowest BCUT2D eigenvalue weighted by Gasteiger charge is -2.11. The maximum atomic E-state index is 4.04. The third-order valence-corrected chi connectivity index (χ3v) is 2.09. The molecule has 0 spiro atoms. The van der Waals surface area contributed by atoms with Crippen molar-refractivity contribution in [1.82, 2.24) is 5.32 Å². The van der Waals surface area contributed by atoms with Gasteiger partial charge in [0.2, 0.25) is 0 Å². The molecule has 0 aliphatic heterocycles. The summed E-state index contributed by atoms with van der Waals surface area (Å²) in [4.78, 5) is 0. The van der Waals surface area contributed by atoms with Gasteiger partial charge in [0.1, 0.15) is 0 Å². The largest absolute Gasteiger partial charge is 0.356 e. The van der Waals surface area contributed by atoms with Gasteiger partial charge in [0.25, 0.3) is 0 Å². The second kappa shape index (κ2) is 8.40. The van der Waals surface area contributed by atoms with Crippen molar-refractivity contribution in [3.63, 3.8) is 0 Å². The molecule has 0 fully saturated rings. The molecular weight excluding hydrogens is 206 g/mol. The monoisotopic (exact) mass is 229 g/mol. The molecule has 0 aliphatic carbocycles. The Balaban J connectivity index is 4.84. The highest BCUT2D eigenvalue weighted by Gasteiger charge is 1.99. The Bertz CT molecular complexity index is 386. The molecule has 0 saturated carbocycles. The molecule has 1 N–H and O–H groups in total. The predicted octanol–water partition coefficient (Wildman–Crippen LogP) is 4.65. The van der Waals surface area contributed by atoms with Crippen molar-refractivity contribution in [1.29, 1.82) is 0 Å². The molecule has 92 valence electrons. The van der Waals surface area contributed by atoms with E-state index in [2.05, 4.69) is 38.4 Å². The zero-order valence-electron chi connectivity index (χ0n) is 11.4. The van der Waals surface area contributed by atoms with Gasteiger partial charge in [-0.1, -0.05) is 43.0 Å². The summed E-state index contributed by atoms with van der Waals surface area (Å²) in [5.41, 5.74) is 4.16. The highest BCUT2D eigenvalue weighted by molar-refractivity contribution is 5.41. The fourth-order valence-corrected chi connectivity index (χ4v) is 1.26. The maximum Gasteiger partial charge on any atom is 0.0381 e. The predicted molar refractivity (Wildman–Crippen MR) is 78.6 cm³/mol. The fraction of sp³-hybridized carbons (Fsp3) is 0.250. The van der Waals surface area contributed by atoms with Crippen LogP contribution in [0, 0.1) is 0 Å². The van der Waals surface area contributed by atoms with Crippen LogP contribution in [0.2, 0.25) is 0 Å². The van der Waals surface area contributed by atoms with Crippen molar-refractivity contribution in [2.24, 2.45) is 0 Å². The van der Waals surface area contributed by atoms with E-state index >= 15 is 0 Å². The van der Waals surface area contributed by atoms with Crippen molar-refractivity contribution in [3.8, 4) is 0 Å². The summed E-state index contributed by atoms with van der Waals surface area (Å²) in [6.45, 7) is 15.9. The smallest absolute Gasteiger partial charge is 0.0381 e. The number of allylic oxidation sites excluding steroid dienone is 7. The Labute approximate surface area is 106 Å². The average Bonchev–Trinajstić information content (AvgIpc) is 2.30. The lowest BCUT2D eigenvalue weighted by atomic mass is 10.1. The minimum absolute atomic E-state index is 0.879. The van der Waals surface area contributed by atoms with Crippen LogP contribution in [0.5, 0.6) is 0 Å². The van der Waals surface area contributed by atoms with E-state index in [1.807, 2.05) is 38.2 Å². The van der Waals surface area contributed by atoms with E-state index in [-0.39, 0.29) is 0 Å². The van der Waals surface area contributed by atoms with Gasteiger partial charge >= 0.3 is 0 Å². The average molecular weight is 229 g/mol. The third-order valence-electron chi connectivity index (χ3n) is 2.09. The van der Waals surface area contributed by atoms with Gasteiger partial charge < -0.3 is 5.32 Å². The van der Waals surface area contributed by atoms with E-state index in [0.717, 1.165) is 17.0 Å². The second-order valence-corrected chi connectivity index (χ2v) is 3.92. The van der Waals surface area contributed by atoms with E-state index in [1.54, 1.807) is 6.08 Å². The molecule has 1 heteroatoms. The van der Waals surface area contributed by atoms with E-state index in [0.29, 0.717) is 0 Å². The first kappa shape index (κ1) is 15.2. The number of hydrogen-bond acceptors (Lipinski definition) is 1. The highest BCUT2D eigenvalue weighted by atomic mass is 14.9. The Morgan fingerprint density at radius 1 is 1.18 bits per heavy atom. The van der Waals surface area contributed by atoms with E-state index in [4.69, 9.17) is 0 Å². The number of rotatable bonds is 6. The summed E-state index contributed by atoms with van der Waals surface area (Å²) in [5.74, 6) is 0. The minimum atomic E-state index is 0.879. The van der Waals surface area contributed by atoms with Crippen LogP contribution in [0.3, 0.4) is 0 Å². The van der Waals surface area contributed by atoms with Crippen molar-refractivity contribution in [2.75, 3.05) is 0 Å². The zero-order chi connectivity index (χ0) is 13.3. The van der Waals surface area contributed by atoms with Crippen LogP contribution in [0.4, 0.5) is 0 Å². The fourth-order valence-electron chi connectivity index (χ4n) is 1.26. The van der Waals surface area contributed by atoms with E-state index in [9.17, 15) is 0 Å². The number of nitrogens with one attached hydrogen (secondary N) is 1. The molecule has 0 aromatic carbocycles. The number of hydrogen-bond donors (Lipinski definition) is 1. The van der Waals surface area contributed by atoms with Gasteiger partial charge in [-0.05, 0) is 45.4 Å². The highest BCUT2D eigenvalue weighted by Crippen LogP contribution is 2.11. The van der Waals surface area contributed by atoms with Crippen LogP contribution < -0.4 is 5.32 Å². The Morgan fingerprint density at radius 3 is 2.24 bits per heavy atom. The summed E-state index contributed by atoms with van der Waals surface area (Å²) in [7, 11) is 0. The van der Waals surface area contributed by atoms with Crippen LogP contribution in [0.15, 0.2) is 72.2 Å². The van der Waals surface area contributed by atoms with Crippen molar-refractivity contribution < 1.29 is 0 Å². The van der Waals surface area contributed by atoms with Gasteiger partial charge in [-0.15, -0.1) is 0 Å². The molecule has 0 saturated heterocycles. The van der Waals surface area contributed by atoms with Crippen LogP contribution >= 0.6 is 0 Å². The van der Waals surface area contributed by atoms with Gasteiger partial charge in [-0.2, -0.15) is 0 Å². The molecule has 0 aromatic heterocycles. The lowest BCUT2D eigenvalue weighted by Crippen LogP contribution is -2.11. The van der Waals surface area contributed by atoms with Gasteiger partial charge in [0, 0.05) is 11.4 Å². The molecule has 0 rings (SSSR count). The van der Waals surface area contributed by atoms with Crippen LogP contribution in [0.25, 0.3) is 0 Å². The zero-order valence-corrected chi connectivity index (χ0v) is 11.4. The van der Waals surface area contributed by atoms with Gasteiger partial charge in [0.15, 0.2) is 0 Å².